The van der Waals surface area contributed by atoms with Crippen LogP contribution in [0.4, 0.5) is 5.69 Å². The summed E-state index contributed by atoms with van der Waals surface area (Å²) in [7, 11) is -3.67. The minimum Gasteiger partial charge on any atom is -0.370 e. The molecule has 25 heavy (non-hydrogen) atoms. The van der Waals surface area contributed by atoms with Crippen molar-refractivity contribution in [2.24, 2.45) is 0 Å². The monoisotopic (exact) mass is 380 g/mol. The number of ether oxygens (including phenoxy) is 1. The van der Waals surface area contributed by atoms with Crippen molar-refractivity contribution in [3.05, 3.63) is 59.1 Å². The van der Waals surface area contributed by atoms with Crippen LogP contribution in [0.5, 0.6) is 0 Å². The van der Waals surface area contributed by atoms with Gasteiger partial charge in [-0.05, 0) is 35.9 Å². The number of nitrogens with zero attached hydrogens (tertiary/aromatic N) is 1. The Hall–Kier alpha value is -1.93. The van der Waals surface area contributed by atoms with Crippen LogP contribution in [0.1, 0.15) is 5.56 Å². The highest BCUT2D eigenvalue weighted by molar-refractivity contribution is 7.89. The van der Waals surface area contributed by atoms with E-state index < -0.39 is 10.0 Å². The maximum atomic E-state index is 12.4. The first-order valence-electron chi connectivity index (χ1n) is 7.68. The molecule has 0 aliphatic carbocycles. The summed E-state index contributed by atoms with van der Waals surface area (Å²) in [6, 6.07) is 13.2. The highest BCUT2D eigenvalue weighted by atomic mass is 35.5. The lowest BCUT2D eigenvalue weighted by atomic mass is 10.2. The van der Waals surface area contributed by atoms with Gasteiger partial charge in [0.05, 0.1) is 11.5 Å². The predicted molar refractivity (Wildman–Crippen MR) is 95.1 cm³/mol. The van der Waals surface area contributed by atoms with Crippen molar-refractivity contribution in [2.75, 3.05) is 24.7 Å². The van der Waals surface area contributed by atoms with E-state index in [-0.39, 0.29) is 24.0 Å². The van der Waals surface area contributed by atoms with E-state index >= 15 is 0 Å². The molecule has 6 nitrogen and oxygen atoms in total. The van der Waals surface area contributed by atoms with Crippen molar-refractivity contribution in [3.63, 3.8) is 0 Å². The molecule has 2 aromatic carbocycles. The van der Waals surface area contributed by atoms with E-state index in [9.17, 15) is 13.2 Å². The molecule has 0 atom stereocenters. The Morgan fingerprint density at radius 1 is 1.12 bits per heavy atom. The van der Waals surface area contributed by atoms with Crippen molar-refractivity contribution in [1.29, 1.82) is 0 Å². The van der Waals surface area contributed by atoms with E-state index in [0.29, 0.717) is 29.4 Å². The Morgan fingerprint density at radius 3 is 2.52 bits per heavy atom. The Kier molecular flexibility index (Phi) is 5.39. The van der Waals surface area contributed by atoms with Crippen LogP contribution in [0.2, 0.25) is 5.02 Å². The zero-order chi connectivity index (χ0) is 17.9. The van der Waals surface area contributed by atoms with Gasteiger partial charge in [0.15, 0.2) is 0 Å². The molecular weight excluding hydrogens is 364 g/mol. The molecule has 0 spiro atoms. The number of hydrogen-bond acceptors (Lipinski definition) is 4. The summed E-state index contributed by atoms with van der Waals surface area (Å²) in [5.41, 5.74) is 1.35. The minimum atomic E-state index is -3.67. The average molecular weight is 381 g/mol. The fraction of sp³-hybridized carbons (Fsp3) is 0.235. The number of sulfonamides is 1. The molecule has 0 saturated carbocycles. The van der Waals surface area contributed by atoms with E-state index in [1.54, 1.807) is 41.3 Å². The zero-order valence-corrected chi connectivity index (χ0v) is 14.9. The van der Waals surface area contributed by atoms with Gasteiger partial charge in [-0.25, -0.2) is 13.1 Å². The van der Waals surface area contributed by atoms with Gasteiger partial charge in [-0.1, -0.05) is 29.8 Å². The third-order valence-corrected chi connectivity index (χ3v) is 5.64. The minimum absolute atomic E-state index is 0.0411. The summed E-state index contributed by atoms with van der Waals surface area (Å²) in [5, 5.41) is 0.506. The highest BCUT2D eigenvalue weighted by Crippen LogP contribution is 2.20. The topological polar surface area (TPSA) is 75.7 Å². The number of nitrogens with one attached hydrogen (secondary N) is 1. The molecule has 0 bridgehead atoms. The molecule has 8 heteroatoms. The Labute approximate surface area is 151 Å². The van der Waals surface area contributed by atoms with Crippen LogP contribution in [0.3, 0.4) is 0 Å². The Bertz CT molecular complexity index is 868. The Morgan fingerprint density at radius 2 is 1.84 bits per heavy atom. The van der Waals surface area contributed by atoms with Crippen LogP contribution in [0, 0.1) is 0 Å². The molecule has 0 radical (unpaired) electrons. The quantitative estimate of drug-likeness (QED) is 0.862. The molecule has 1 heterocycles. The molecule has 1 saturated heterocycles. The molecule has 1 aliphatic rings. The van der Waals surface area contributed by atoms with Crippen molar-refractivity contribution in [2.45, 2.75) is 11.4 Å². The van der Waals surface area contributed by atoms with Crippen LogP contribution in [0.25, 0.3) is 0 Å². The molecule has 3 rings (SSSR count). The van der Waals surface area contributed by atoms with Crippen molar-refractivity contribution < 1.29 is 17.9 Å². The second kappa shape index (κ2) is 7.53. The third-order valence-electron chi connectivity index (χ3n) is 3.85. The summed E-state index contributed by atoms with van der Waals surface area (Å²) in [4.78, 5) is 13.5. The number of amides is 1. The number of carbonyl (C=O) groups is 1. The van der Waals surface area contributed by atoms with Gasteiger partial charge < -0.3 is 9.64 Å². The standard InChI is InChI=1S/C17H17ClN2O4S/c18-16-4-2-1-3-13(16)11-19-25(22,23)15-7-5-14(6-8-15)20-9-10-24-12-17(20)21/h1-8,19H,9-12H2. The van der Waals surface area contributed by atoms with Crippen molar-refractivity contribution >= 4 is 33.2 Å². The number of rotatable bonds is 5. The van der Waals surface area contributed by atoms with Crippen LogP contribution < -0.4 is 9.62 Å². The van der Waals surface area contributed by atoms with E-state index in [2.05, 4.69) is 4.72 Å². The number of benzene rings is 2. The van der Waals surface area contributed by atoms with Gasteiger partial charge in [-0.2, -0.15) is 0 Å². The first-order valence-corrected chi connectivity index (χ1v) is 9.55. The SMILES string of the molecule is O=C1COCCN1c1ccc(S(=O)(=O)NCc2ccccc2Cl)cc1. The lowest BCUT2D eigenvalue weighted by molar-refractivity contribution is -0.125. The number of morpholine rings is 1. The lowest BCUT2D eigenvalue weighted by Gasteiger charge is -2.26. The number of carbonyl (C=O) groups excluding carboxylic acids is 1. The summed E-state index contributed by atoms with van der Waals surface area (Å²) >= 11 is 6.04. The van der Waals surface area contributed by atoms with E-state index in [1.165, 1.54) is 12.1 Å². The van der Waals surface area contributed by atoms with Gasteiger partial charge in [-0.15, -0.1) is 0 Å². The smallest absolute Gasteiger partial charge is 0.253 e. The summed E-state index contributed by atoms with van der Waals surface area (Å²) < 4.78 is 32.4. The first-order chi connectivity index (χ1) is 12.0. The lowest BCUT2D eigenvalue weighted by Crippen LogP contribution is -2.41. The van der Waals surface area contributed by atoms with Crippen LogP contribution in [-0.4, -0.2) is 34.1 Å². The van der Waals surface area contributed by atoms with Crippen LogP contribution in [0.15, 0.2) is 53.4 Å². The van der Waals surface area contributed by atoms with E-state index in [4.69, 9.17) is 16.3 Å². The molecule has 1 amide bonds. The molecule has 0 aromatic heterocycles. The molecule has 1 N–H and O–H groups in total. The summed E-state index contributed by atoms with van der Waals surface area (Å²) in [6.07, 6.45) is 0. The maximum absolute atomic E-state index is 12.4. The average Bonchev–Trinajstić information content (AvgIpc) is 2.62. The zero-order valence-electron chi connectivity index (χ0n) is 13.3. The van der Waals surface area contributed by atoms with Gasteiger partial charge in [0.2, 0.25) is 10.0 Å². The second-order valence-electron chi connectivity index (χ2n) is 5.51. The molecule has 0 unspecified atom stereocenters. The van der Waals surface area contributed by atoms with Gasteiger partial charge in [0.25, 0.3) is 5.91 Å². The fourth-order valence-corrected chi connectivity index (χ4v) is 3.70. The highest BCUT2D eigenvalue weighted by Gasteiger charge is 2.21. The molecule has 2 aromatic rings. The molecule has 1 aliphatic heterocycles. The summed E-state index contributed by atoms with van der Waals surface area (Å²) in [6.45, 7) is 1.06. The Balaban J connectivity index is 1.72. The number of anilines is 1. The van der Waals surface area contributed by atoms with Crippen molar-refractivity contribution in [1.82, 2.24) is 4.72 Å². The van der Waals surface area contributed by atoms with Gasteiger partial charge in [-0.3, -0.25) is 4.79 Å². The first kappa shape index (κ1) is 17.9. The second-order valence-corrected chi connectivity index (χ2v) is 7.68. The fourth-order valence-electron chi connectivity index (χ4n) is 2.49. The molecule has 1 fully saturated rings. The van der Waals surface area contributed by atoms with Crippen molar-refractivity contribution in [3.8, 4) is 0 Å². The van der Waals surface area contributed by atoms with E-state index in [1.807, 2.05) is 0 Å². The van der Waals surface area contributed by atoms with Gasteiger partial charge >= 0.3 is 0 Å². The number of halogens is 1. The largest absolute Gasteiger partial charge is 0.370 e. The molecular formula is C17H17ClN2O4S. The van der Waals surface area contributed by atoms with E-state index in [0.717, 1.165) is 0 Å². The van der Waals surface area contributed by atoms with Gasteiger partial charge in [0, 0.05) is 23.8 Å². The van der Waals surface area contributed by atoms with Crippen LogP contribution >= 0.6 is 11.6 Å². The van der Waals surface area contributed by atoms with Crippen LogP contribution in [-0.2, 0) is 26.1 Å². The third kappa shape index (κ3) is 4.19. The van der Waals surface area contributed by atoms with Gasteiger partial charge in [0.1, 0.15) is 6.61 Å². The maximum Gasteiger partial charge on any atom is 0.253 e. The predicted octanol–water partition coefficient (Wildman–Crippen LogP) is 2.18. The molecule has 132 valence electrons. The number of hydrogen-bond donors (Lipinski definition) is 1. The normalized spacial score (nSPS) is 15.4. The summed E-state index contributed by atoms with van der Waals surface area (Å²) in [5.74, 6) is -0.140.